The Kier molecular flexibility index (Phi) is 5.33. The summed E-state index contributed by atoms with van der Waals surface area (Å²) in [6, 6.07) is 0. The molecule has 2 unspecified atom stereocenters. The molecule has 0 aromatic rings. The first-order valence-electron chi connectivity index (χ1n) is 5.27. The highest BCUT2D eigenvalue weighted by Crippen LogP contribution is 2.22. The lowest BCUT2D eigenvalue weighted by Gasteiger charge is -2.16. The second-order valence-corrected chi connectivity index (χ2v) is 4.09. The molecule has 0 aromatic heterocycles. The lowest BCUT2D eigenvalue weighted by Crippen LogP contribution is -2.32. The molecule has 0 bridgehead atoms. The zero-order valence-electron chi connectivity index (χ0n) is 8.66. The molecule has 1 rings (SSSR count). The molecule has 1 aliphatic rings. The number of nitrogens with one attached hydrogen (secondary N) is 1. The number of carbonyl (C=O) groups is 1. The molecule has 2 atom stereocenters. The third-order valence-electron chi connectivity index (χ3n) is 2.65. The van der Waals surface area contributed by atoms with Crippen LogP contribution < -0.4 is 5.32 Å². The normalized spacial score (nSPS) is 26.4. The zero-order valence-corrected chi connectivity index (χ0v) is 9.56. The van der Waals surface area contributed by atoms with Gasteiger partial charge < -0.3 is 10.1 Å². The predicted octanol–water partition coefficient (Wildman–Crippen LogP) is 1.24. The first kappa shape index (κ1) is 11.9. The van der Waals surface area contributed by atoms with E-state index in [0.717, 1.165) is 26.0 Å². The molecule has 1 fully saturated rings. The molecule has 4 heteroatoms. The lowest BCUT2D eigenvalue weighted by atomic mass is 10.00. The Bertz CT molecular complexity index is 187. The van der Waals surface area contributed by atoms with Gasteiger partial charge in [-0.1, -0.05) is 6.92 Å². The van der Waals surface area contributed by atoms with Gasteiger partial charge in [-0.2, -0.15) is 12.6 Å². The van der Waals surface area contributed by atoms with E-state index in [-0.39, 0.29) is 5.91 Å². The minimum absolute atomic E-state index is 0.0988. The van der Waals surface area contributed by atoms with Gasteiger partial charge in [-0.25, -0.2) is 0 Å². The fourth-order valence-electron chi connectivity index (χ4n) is 1.81. The van der Waals surface area contributed by atoms with Crippen molar-refractivity contribution in [2.75, 3.05) is 18.9 Å². The van der Waals surface area contributed by atoms with Gasteiger partial charge in [-0.05, 0) is 18.6 Å². The van der Waals surface area contributed by atoms with E-state index in [1.54, 1.807) is 0 Å². The van der Waals surface area contributed by atoms with Crippen LogP contribution in [0.4, 0.5) is 0 Å². The van der Waals surface area contributed by atoms with Crippen LogP contribution in [0.1, 0.15) is 26.2 Å². The Morgan fingerprint density at radius 3 is 3.07 bits per heavy atom. The summed E-state index contributed by atoms with van der Waals surface area (Å²) in [5.41, 5.74) is 0. The summed E-state index contributed by atoms with van der Waals surface area (Å²) in [6.07, 6.45) is 2.95. The van der Waals surface area contributed by atoms with E-state index in [0.29, 0.717) is 24.2 Å². The Hall–Kier alpha value is -0.220. The third kappa shape index (κ3) is 3.50. The van der Waals surface area contributed by atoms with Crippen molar-refractivity contribution in [2.45, 2.75) is 32.3 Å². The molecule has 1 heterocycles. The summed E-state index contributed by atoms with van der Waals surface area (Å²) in [4.78, 5) is 11.2. The molecule has 1 N–H and O–H groups in total. The number of rotatable bonds is 5. The number of ether oxygens (including phenoxy) is 1. The Balaban J connectivity index is 2.20. The molecular formula is C10H19NO2S. The summed E-state index contributed by atoms with van der Waals surface area (Å²) in [5.74, 6) is 1.22. The van der Waals surface area contributed by atoms with E-state index in [2.05, 4.69) is 24.9 Å². The maximum atomic E-state index is 11.2. The summed E-state index contributed by atoms with van der Waals surface area (Å²) < 4.78 is 5.54. The highest BCUT2D eigenvalue weighted by molar-refractivity contribution is 7.80. The van der Waals surface area contributed by atoms with Crippen LogP contribution in [0.15, 0.2) is 0 Å². The van der Waals surface area contributed by atoms with E-state index >= 15 is 0 Å². The van der Waals surface area contributed by atoms with Gasteiger partial charge in [0.25, 0.3) is 0 Å². The van der Waals surface area contributed by atoms with Crippen molar-refractivity contribution in [1.29, 1.82) is 0 Å². The maximum Gasteiger partial charge on any atom is 0.220 e. The van der Waals surface area contributed by atoms with Crippen molar-refractivity contribution >= 4 is 18.5 Å². The topological polar surface area (TPSA) is 38.3 Å². The molecule has 0 aliphatic carbocycles. The minimum atomic E-state index is 0.0988. The molecule has 14 heavy (non-hydrogen) atoms. The second kappa shape index (κ2) is 6.30. The maximum absolute atomic E-state index is 11.2. The first-order valence-corrected chi connectivity index (χ1v) is 5.90. The number of hydrogen-bond donors (Lipinski definition) is 2. The van der Waals surface area contributed by atoms with Crippen molar-refractivity contribution in [2.24, 2.45) is 5.92 Å². The fourth-order valence-corrected chi connectivity index (χ4v) is 2.02. The number of amides is 1. The largest absolute Gasteiger partial charge is 0.378 e. The van der Waals surface area contributed by atoms with Crippen LogP contribution in [0.2, 0.25) is 0 Å². The molecular weight excluding hydrogens is 198 g/mol. The predicted molar refractivity (Wildman–Crippen MR) is 59.6 cm³/mol. The van der Waals surface area contributed by atoms with Crippen LogP contribution in [0.25, 0.3) is 0 Å². The minimum Gasteiger partial charge on any atom is -0.378 e. The van der Waals surface area contributed by atoms with Crippen molar-refractivity contribution < 1.29 is 9.53 Å². The van der Waals surface area contributed by atoms with Crippen LogP contribution >= 0.6 is 12.6 Å². The average molecular weight is 217 g/mol. The molecule has 1 aliphatic heterocycles. The number of carbonyl (C=O) groups excluding carboxylic acids is 1. The number of thiol groups is 1. The lowest BCUT2D eigenvalue weighted by molar-refractivity contribution is -0.120. The van der Waals surface area contributed by atoms with E-state index in [1.807, 2.05) is 0 Å². The van der Waals surface area contributed by atoms with Gasteiger partial charge in [0.15, 0.2) is 0 Å². The molecule has 0 radical (unpaired) electrons. The summed E-state index contributed by atoms with van der Waals surface area (Å²) >= 11 is 4.01. The second-order valence-electron chi connectivity index (χ2n) is 3.64. The van der Waals surface area contributed by atoms with Gasteiger partial charge in [0, 0.05) is 25.5 Å². The van der Waals surface area contributed by atoms with E-state index in [1.165, 1.54) is 0 Å². The molecule has 0 spiro atoms. The van der Waals surface area contributed by atoms with Crippen LogP contribution in [0, 0.1) is 5.92 Å². The van der Waals surface area contributed by atoms with Crippen molar-refractivity contribution in [3.05, 3.63) is 0 Å². The fraction of sp³-hybridized carbons (Fsp3) is 0.900. The van der Waals surface area contributed by atoms with Crippen LogP contribution in [0.5, 0.6) is 0 Å². The van der Waals surface area contributed by atoms with Crippen LogP contribution in [-0.4, -0.2) is 30.9 Å². The van der Waals surface area contributed by atoms with Crippen LogP contribution in [-0.2, 0) is 9.53 Å². The SMILES string of the molecule is CCC1OCCC1CNC(=O)CCS. The smallest absolute Gasteiger partial charge is 0.220 e. The Labute approximate surface area is 91.0 Å². The van der Waals surface area contributed by atoms with E-state index < -0.39 is 0 Å². The highest BCUT2D eigenvalue weighted by atomic mass is 32.1. The van der Waals surface area contributed by atoms with E-state index in [4.69, 9.17) is 4.74 Å². The third-order valence-corrected chi connectivity index (χ3v) is 2.87. The van der Waals surface area contributed by atoms with Gasteiger partial charge in [0.2, 0.25) is 5.91 Å². The monoisotopic (exact) mass is 217 g/mol. The molecule has 0 aromatic carbocycles. The summed E-state index contributed by atoms with van der Waals surface area (Å²) in [5, 5.41) is 2.92. The summed E-state index contributed by atoms with van der Waals surface area (Å²) in [7, 11) is 0. The van der Waals surface area contributed by atoms with Crippen LogP contribution in [0.3, 0.4) is 0 Å². The molecule has 1 amide bonds. The highest BCUT2D eigenvalue weighted by Gasteiger charge is 2.26. The molecule has 82 valence electrons. The standard InChI is InChI=1S/C10H19NO2S/c1-2-9-8(3-5-13-9)7-11-10(12)4-6-14/h8-9,14H,2-7H2,1H3,(H,11,12). The Morgan fingerprint density at radius 2 is 2.43 bits per heavy atom. The van der Waals surface area contributed by atoms with Gasteiger partial charge in [0.1, 0.15) is 0 Å². The summed E-state index contributed by atoms with van der Waals surface area (Å²) in [6.45, 7) is 3.72. The van der Waals surface area contributed by atoms with Gasteiger partial charge in [-0.15, -0.1) is 0 Å². The quantitative estimate of drug-likeness (QED) is 0.680. The van der Waals surface area contributed by atoms with Gasteiger partial charge in [0.05, 0.1) is 6.10 Å². The zero-order chi connectivity index (χ0) is 10.4. The van der Waals surface area contributed by atoms with Crippen molar-refractivity contribution in [1.82, 2.24) is 5.32 Å². The van der Waals surface area contributed by atoms with Gasteiger partial charge >= 0.3 is 0 Å². The van der Waals surface area contributed by atoms with Crippen molar-refractivity contribution in [3.8, 4) is 0 Å². The van der Waals surface area contributed by atoms with Gasteiger partial charge in [-0.3, -0.25) is 4.79 Å². The molecule has 1 saturated heterocycles. The Morgan fingerprint density at radius 1 is 1.64 bits per heavy atom. The first-order chi connectivity index (χ1) is 6.77. The average Bonchev–Trinajstić information content (AvgIpc) is 2.62. The molecule has 0 saturated carbocycles. The van der Waals surface area contributed by atoms with E-state index in [9.17, 15) is 4.79 Å². The molecule has 3 nitrogen and oxygen atoms in total. The van der Waals surface area contributed by atoms with Crippen molar-refractivity contribution in [3.63, 3.8) is 0 Å². The number of hydrogen-bond acceptors (Lipinski definition) is 3.